The normalized spacial score (nSPS) is 11.6. The molecule has 0 amide bonds. The number of rotatable bonds is 4. The number of hydrogen-bond donors (Lipinski definition) is 0. The van der Waals surface area contributed by atoms with Gasteiger partial charge in [-0.2, -0.15) is 10.5 Å². The van der Waals surface area contributed by atoms with Crippen LogP contribution in [0.25, 0.3) is 10.6 Å². The topological polar surface area (TPSA) is 81.7 Å². The van der Waals surface area contributed by atoms with Crippen LogP contribution >= 0.6 is 11.6 Å². The van der Waals surface area contributed by atoms with Crippen LogP contribution in [0.3, 0.4) is 0 Å². The molecule has 0 fully saturated rings. The lowest BCUT2D eigenvalue weighted by molar-refractivity contribution is 0.602. The summed E-state index contributed by atoms with van der Waals surface area (Å²) in [5.74, 6) is -0.694. The van der Waals surface area contributed by atoms with Crippen molar-refractivity contribution in [3.63, 3.8) is 0 Å². The number of allylic oxidation sites excluding steroid dienone is 2. The third-order valence-electron chi connectivity index (χ3n) is 4.25. The Morgan fingerprint density at radius 3 is 1.82 bits per heavy atom. The number of hydrogen-bond acceptors (Lipinski definition) is 4. The molecule has 33 heavy (non-hydrogen) atoms. The van der Waals surface area contributed by atoms with Crippen molar-refractivity contribution < 1.29 is 17.2 Å². The van der Waals surface area contributed by atoms with Gasteiger partial charge in [0.2, 0.25) is 0 Å². The van der Waals surface area contributed by atoms with Crippen molar-refractivity contribution in [1.29, 1.82) is 10.5 Å². The van der Waals surface area contributed by atoms with Gasteiger partial charge in [-0.05, 0) is 58.7 Å². The lowest BCUT2D eigenvalue weighted by atomic mass is 9.98. The van der Waals surface area contributed by atoms with E-state index in [1.165, 1.54) is 60.7 Å². The van der Waals surface area contributed by atoms with Gasteiger partial charge in [0, 0.05) is 18.4 Å². The van der Waals surface area contributed by atoms with Gasteiger partial charge in [-0.15, -0.1) is 0 Å². The molecule has 0 atom stereocenters. The van der Waals surface area contributed by atoms with Crippen LogP contribution in [0.15, 0.2) is 89.8 Å². The maximum Gasteiger partial charge on any atom is 0.175 e. The Balaban J connectivity index is 0.000000273. The maximum atomic E-state index is 13.0. The molecule has 0 aromatic heterocycles. The van der Waals surface area contributed by atoms with Gasteiger partial charge in [0.1, 0.15) is 11.6 Å². The first kappa shape index (κ1) is 25.5. The predicted octanol–water partition coefficient (Wildman–Crippen LogP) is 6.11. The van der Waals surface area contributed by atoms with E-state index in [1.54, 1.807) is 30.3 Å². The average Bonchev–Trinajstić information content (AvgIpc) is 2.79. The van der Waals surface area contributed by atoms with Crippen molar-refractivity contribution in [1.82, 2.24) is 0 Å². The molecule has 0 heterocycles. The molecular formula is C25H17ClF2N2O2S. The molecule has 0 saturated heterocycles. The molecule has 3 aromatic rings. The van der Waals surface area contributed by atoms with Gasteiger partial charge in [-0.25, -0.2) is 17.2 Å². The van der Waals surface area contributed by atoms with E-state index in [4.69, 9.17) is 22.1 Å². The van der Waals surface area contributed by atoms with Crippen LogP contribution in [-0.2, 0) is 9.84 Å². The molecule has 3 rings (SSSR count). The van der Waals surface area contributed by atoms with Crippen molar-refractivity contribution in [2.24, 2.45) is 0 Å². The first-order valence-electron chi connectivity index (χ1n) is 9.33. The van der Waals surface area contributed by atoms with Crippen LogP contribution in [0.5, 0.6) is 0 Å². The van der Waals surface area contributed by atoms with Crippen molar-refractivity contribution in [3.05, 3.63) is 113 Å². The van der Waals surface area contributed by atoms with E-state index in [9.17, 15) is 17.2 Å². The van der Waals surface area contributed by atoms with Gasteiger partial charge in [0.25, 0.3) is 0 Å². The molecule has 166 valence electrons. The molecular weight excluding hydrogens is 466 g/mol. The molecule has 4 nitrogen and oxygen atoms in total. The predicted molar refractivity (Wildman–Crippen MR) is 124 cm³/mol. The summed E-state index contributed by atoms with van der Waals surface area (Å²) >= 11 is 5.67. The third kappa shape index (κ3) is 7.69. The second kappa shape index (κ2) is 11.7. The summed E-state index contributed by atoms with van der Waals surface area (Å²) in [5.41, 5.74) is 2.41. The van der Waals surface area contributed by atoms with Gasteiger partial charge in [-0.3, -0.25) is 0 Å². The summed E-state index contributed by atoms with van der Waals surface area (Å²) in [6.45, 7) is 0. The van der Waals surface area contributed by atoms with Crippen LogP contribution in [0, 0.1) is 34.3 Å². The molecule has 0 bridgehead atoms. The van der Waals surface area contributed by atoms with Gasteiger partial charge >= 0.3 is 0 Å². The van der Waals surface area contributed by atoms with Crippen LogP contribution in [-0.4, -0.2) is 14.7 Å². The fourth-order valence-electron chi connectivity index (χ4n) is 2.67. The summed E-state index contributed by atoms with van der Waals surface area (Å²) in [4.78, 5) is 0.172. The third-order valence-corrected chi connectivity index (χ3v) is 5.69. The van der Waals surface area contributed by atoms with Crippen molar-refractivity contribution in [2.45, 2.75) is 4.90 Å². The number of nitrogens with zero attached hydrogens (tertiary/aromatic N) is 2. The van der Waals surface area contributed by atoms with E-state index in [0.29, 0.717) is 27.3 Å². The zero-order valence-corrected chi connectivity index (χ0v) is 18.9. The molecule has 0 N–H and O–H groups in total. The van der Waals surface area contributed by atoms with Crippen LogP contribution in [0.4, 0.5) is 8.78 Å². The SMILES string of the molecule is CS(=O)(=O)c1cccc(C(=CC#N)c2ccc(F)cc2)c1.N#CC=C(Cl)c1ccc(F)cc1. The molecule has 0 radical (unpaired) electrons. The zero-order valence-electron chi connectivity index (χ0n) is 17.3. The number of nitriles is 2. The Morgan fingerprint density at radius 2 is 1.33 bits per heavy atom. The highest BCUT2D eigenvalue weighted by atomic mass is 35.5. The fraction of sp³-hybridized carbons (Fsp3) is 0.0400. The first-order valence-corrected chi connectivity index (χ1v) is 11.6. The second-order valence-corrected chi connectivity index (χ2v) is 9.05. The van der Waals surface area contributed by atoms with Crippen LogP contribution < -0.4 is 0 Å². The van der Waals surface area contributed by atoms with Crippen molar-refractivity contribution in [3.8, 4) is 12.1 Å². The number of halogens is 3. The summed E-state index contributed by atoms with van der Waals surface area (Å²) in [6.07, 6.45) is 3.64. The lowest BCUT2D eigenvalue weighted by Crippen LogP contribution is -1.98. The van der Waals surface area contributed by atoms with E-state index >= 15 is 0 Å². The Morgan fingerprint density at radius 1 is 0.818 bits per heavy atom. The molecule has 8 heteroatoms. The lowest BCUT2D eigenvalue weighted by Gasteiger charge is -2.08. The molecule has 0 unspecified atom stereocenters. The van der Waals surface area contributed by atoms with E-state index in [-0.39, 0.29) is 16.5 Å². The Hall–Kier alpha value is -3.78. The van der Waals surface area contributed by atoms with Crippen LogP contribution in [0.1, 0.15) is 16.7 Å². The molecule has 0 aliphatic rings. The number of benzene rings is 3. The summed E-state index contributed by atoms with van der Waals surface area (Å²) in [7, 11) is -3.33. The van der Waals surface area contributed by atoms with Gasteiger partial charge in [-0.1, -0.05) is 48.0 Å². The van der Waals surface area contributed by atoms with Crippen molar-refractivity contribution in [2.75, 3.05) is 6.26 Å². The Labute approximate surface area is 196 Å². The van der Waals surface area contributed by atoms with Gasteiger partial charge in [0.05, 0.1) is 22.1 Å². The molecule has 3 aromatic carbocycles. The number of sulfone groups is 1. The summed E-state index contributed by atoms with van der Waals surface area (Å²) < 4.78 is 48.6. The second-order valence-electron chi connectivity index (χ2n) is 6.62. The minimum absolute atomic E-state index is 0.172. The monoisotopic (exact) mass is 482 g/mol. The molecule has 0 aliphatic heterocycles. The van der Waals surface area contributed by atoms with Crippen molar-refractivity contribution >= 4 is 32.0 Å². The van der Waals surface area contributed by atoms with E-state index in [1.807, 2.05) is 6.07 Å². The summed E-state index contributed by atoms with van der Waals surface area (Å²) in [5, 5.41) is 17.5. The highest BCUT2D eigenvalue weighted by Gasteiger charge is 2.11. The quantitative estimate of drug-likeness (QED) is 0.420. The first-order chi connectivity index (χ1) is 15.7. The molecule has 0 aliphatic carbocycles. The zero-order chi connectivity index (χ0) is 24.4. The largest absolute Gasteiger partial charge is 0.224 e. The smallest absolute Gasteiger partial charge is 0.175 e. The van der Waals surface area contributed by atoms with E-state index in [2.05, 4.69) is 0 Å². The minimum atomic E-state index is -3.33. The Kier molecular flexibility index (Phi) is 9.06. The molecule has 0 saturated carbocycles. The highest BCUT2D eigenvalue weighted by molar-refractivity contribution is 7.90. The van der Waals surface area contributed by atoms with E-state index < -0.39 is 9.84 Å². The average molecular weight is 483 g/mol. The minimum Gasteiger partial charge on any atom is -0.224 e. The fourth-order valence-corrected chi connectivity index (χ4v) is 3.51. The van der Waals surface area contributed by atoms with Gasteiger partial charge < -0.3 is 0 Å². The standard InChI is InChI=1S/C16H12FNO2S.C9H5ClFN/c1-21(19,20)15-4-2-3-13(11-15)16(9-10-18)12-5-7-14(17)8-6-12;10-9(5-6-12)7-1-3-8(11)4-2-7/h2-9,11H,1H3;1-5H. The molecule has 0 spiro atoms. The van der Waals surface area contributed by atoms with Crippen LogP contribution in [0.2, 0.25) is 0 Å². The maximum absolute atomic E-state index is 13.0. The van der Waals surface area contributed by atoms with Gasteiger partial charge in [0.15, 0.2) is 9.84 Å². The Bertz CT molecular complexity index is 1370. The summed E-state index contributed by atoms with van der Waals surface area (Å²) in [6, 6.07) is 21.3. The van der Waals surface area contributed by atoms with E-state index in [0.717, 1.165) is 6.26 Å². The highest BCUT2D eigenvalue weighted by Crippen LogP contribution is 2.25.